The fourth-order valence-electron chi connectivity index (χ4n) is 4.20. The summed E-state index contributed by atoms with van der Waals surface area (Å²) in [6.45, 7) is 4.53. The van der Waals surface area contributed by atoms with Crippen LogP contribution >= 0.6 is 11.9 Å². The van der Waals surface area contributed by atoms with Crippen molar-refractivity contribution in [3.63, 3.8) is 0 Å². The van der Waals surface area contributed by atoms with Crippen LogP contribution in [0.15, 0.2) is 42.5 Å². The number of hydrogen-bond donors (Lipinski definition) is 4. The molecule has 0 spiro atoms. The van der Waals surface area contributed by atoms with E-state index >= 15 is 0 Å². The van der Waals surface area contributed by atoms with Crippen molar-refractivity contribution in [3.8, 4) is 11.1 Å². The minimum atomic E-state index is -0.439. The molecule has 3 aromatic rings. The standard InChI is InChI=1S/C24H28N4O2S/c1-15-17(4-3-5-21(15)26-10-13-29)18-6-7-19(24(25)30)23-20(18)14-22(27-23)16-8-11-28(31-2)12-9-16/h3-8,14,26-27,29H,9-13H2,1-2H3,(H2,25,30). The Balaban J connectivity index is 1.84. The average Bonchev–Trinajstić information content (AvgIpc) is 3.23. The molecule has 1 aliphatic heterocycles. The number of aliphatic hydroxyl groups is 1. The number of benzene rings is 2. The van der Waals surface area contributed by atoms with Gasteiger partial charge in [-0.3, -0.25) is 4.79 Å². The van der Waals surface area contributed by atoms with Crippen molar-refractivity contribution in [3.05, 3.63) is 59.3 Å². The third kappa shape index (κ3) is 4.21. The third-order valence-electron chi connectivity index (χ3n) is 5.89. The molecule has 0 saturated carbocycles. The molecule has 2 aromatic carbocycles. The molecule has 2 heterocycles. The number of carbonyl (C=O) groups is 1. The number of nitrogens with two attached hydrogens (primary N) is 1. The van der Waals surface area contributed by atoms with Crippen LogP contribution in [0.25, 0.3) is 27.6 Å². The van der Waals surface area contributed by atoms with Crippen LogP contribution in [0.4, 0.5) is 5.69 Å². The van der Waals surface area contributed by atoms with E-state index in [0.717, 1.165) is 58.5 Å². The van der Waals surface area contributed by atoms with Gasteiger partial charge in [-0.05, 0) is 60.1 Å². The molecule has 0 fully saturated rings. The predicted octanol–water partition coefficient (Wildman–Crippen LogP) is 4.01. The van der Waals surface area contributed by atoms with E-state index in [4.69, 9.17) is 10.8 Å². The minimum Gasteiger partial charge on any atom is -0.395 e. The number of hydrogen-bond acceptors (Lipinski definition) is 5. The van der Waals surface area contributed by atoms with Crippen molar-refractivity contribution < 1.29 is 9.90 Å². The topological polar surface area (TPSA) is 94.4 Å². The third-order valence-corrected chi connectivity index (χ3v) is 6.73. The van der Waals surface area contributed by atoms with Crippen LogP contribution in [-0.2, 0) is 0 Å². The summed E-state index contributed by atoms with van der Waals surface area (Å²) in [6, 6.07) is 12.0. The molecule has 162 valence electrons. The minimum absolute atomic E-state index is 0.0749. The lowest BCUT2D eigenvalue weighted by atomic mass is 9.94. The molecule has 1 aliphatic rings. The van der Waals surface area contributed by atoms with Gasteiger partial charge in [-0.15, -0.1) is 0 Å². The molecule has 4 rings (SSSR count). The van der Waals surface area contributed by atoms with Gasteiger partial charge in [0.1, 0.15) is 0 Å². The van der Waals surface area contributed by atoms with E-state index in [-0.39, 0.29) is 6.61 Å². The molecule has 0 aliphatic carbocycles. The molecule has 31 heavy (non-hydrogen) atoms. The summed E-state index contributed by atoms with van der Waals surface area (Å²) >= 11 is 1.76. The zero-order valence-corrected chi connectivity index (χ0v) is 18.7. The Morgan fingerprint density at radius 3 is 2.81 bits per heavy atom. The fourth-order valence-corrected chi connectivity index (χ4v) is 4.70. The van der Waals surface area contributed by atoms with E-state index in [2.05, 4.69) is 46.0 Å². The van der Waals surface area contributed by atoms with Crippen molar-refractivity contribution in [2.75, 3.05) is 37.8 Å². The van der Waals surface area contributed by atoms with Crippen molar-refractivity contribution in [2.24, 2.45) is 5.73 Å². The summed E-state index contributed by atoms with van der Waals surface area (Å²) in [5, 5.41) is 13.4. The van der Waals surface area contributed by atoms with Crippen molar-refractivity contribution >= 4 is 40.0 Å². The highest BCUT2D eigenvalue weighted by atomic mass is 32.2. The van der Waals surface area contributed by atoms with Crippen LogP contribution in [0.1, 0.15) is 28.0 Å². The normalized spacial score (nSPS) is 14.6. The first kappa shape index (κ1) is 21.5. The molecular formula is C24H28N4O2S. The van der Waals surface area contributed by atoms with E-state index in [9.17, 15) is 4.79 Å². The van der Waals surface area contributed by atoms with Gasteiger partial charge in [0.05, 0.1) is 17.7 Å². The van der Waals surface area contributed by atoms with Crippen molar-refractivity contribution in [2.45, 2.75) is 13.3 Å². The number of nitrogens with zero attached hydrogens (tertiary/aromatic N) is 1. The number of amides is 1. The lowest BCUT2D eigenvalue weighted by Crippen LogP contribution is -2.21. The molecule has 7 heteroatoms. The first-order valence-corrected chi connectivity index (χ1v) is 11.6. The molecule has 5 N–H and O–H groups in total. The Labute approximate surface area is 186 Å². The van der Waals surface area contributed by atoms with Gasteiger partial charge < -0.3 is 21.1 Å². The number of aliphatic hydroxyl groups excluding tert-OH is 1. The molecule has 0 saturated heterocycles. The zero-order chi connectivity index (χ0) is 22.0. The van der Waals surface area contributed by atoms with Crippen LogP contribution in [0.2, 0.25) is 0 Å². The van der Waals surface area contributed by atoms with Crippen LogP contribution in [0.3, 0.4) is 0 Å². The summed E-state index contributed by atoms with van der Waals surface area (Å²) in [6.07, 6.45) is 5.30. The summed E-state index contributed by atoms with van der Waals surface area (Å²) < 4.78 is 2.32. The molecule has 0 unspecified atom stereocenters. The maximum Gasteiger partial charge on any atom is 0.250 e. The van der Waals surface area contributed by atoms with Crippen LogP contribution < -0.4 is 11.1 Å². The average molecular weight is 437 g/mol. The maximum absolute atomic E-state index is 12.1. The number of H-pyrrole nitrogens is 1. The van der Waals surface area contributed by atoms with Gasteiger partial charge in [-0.1, -0.05) is 36.2 Å². The van der Waals surface area contributed by atoms with E-state index in [1.807, 2.05) is 18.2 Å². The largest absolute Gasteiger partial charge is 0.395 e. The number of primary amides is 1. The number of carbonyl (C=O) groups excluding carboxylic acids is 1. The van der Waals surface area contributed by atoms with Gasteiger partial charge in [0.25, 0.3) is 5.91 Å². The molecule has 1 amide bonds. The second-order valence-corrected chi connectivity index (χ2v) is 8.56. The van der Waals surface area contributed by atoms with E-state index in [0.29, 0.717) is 12.1 Å². The Morgan fingerprint density at radius 2 is 2.13 bits per heavy atom. The van der Waals surface area contributed by atoms with Crippen molar-refractivity contribution in [1.29, 1.82) is 0 Å². The predicted molar refractivity (Wildman–Crippen MR) is 130 cm³/mol. The molecule has 0 bridgehead atoms. The number of aromatic amines is 1. The van der Waals surface area contributed by atoms with Gasteiger partial charge in [-0.25, -0.2) is 4.31 Å². The van der Waals surface area contributed by atoms with Crippen LogP contribution in [-0.4, -0.2) is 52.8 Å². The number of nitrogens with one attached hydrogen (secondary N) is 2. The smallest absolute Gasteiger partial charge is 0.250 e. The first-order chi connectivity index (χ1) is 15.0. The monoisotopic (exact) mass is 436 g/mol. The highest BCUT2D eigenvalue weighted by Gasteiger charge is 2.19. The number of rotatable bonds is 7. The quantitative estimate of drug-likeness (QED) is 0.420. The van der Waals surface area contributed by atoms with Crippen LogP contribution in [0.5, 0.6) is 0 Å². The van der Waals surface area contributed by atoms with E-state index < -0.39 is 5.91 Å². The lowest BCUT2D eigenvalue weighted by Gasteiger charge is -2.23. The number of aromatic nitrogens is 1. The summed E-state index contributed by atoms with van der Waals surface area (Å²) in [7, 11) is 0. The number of anilines is 1. The van der Waals surface area contributed by atoms with Gasteiger partial charge in [0, 0.05) is 36.4 Å². The van der Waals surface area contributed by atoms with Crippen LogP contribution in [0, 0.1) is 6.92 Å². The van der Waals surface area contributed by atoms with Gasteiger partial charge in [-0.2, -0.15) is 0 Å². The highest BCUT2D eigenvalue weighted by Crippen LogP contribution is 2.37. The first-order valence-electron chi connectivity index (χ1n) is 10.4. The van der Waals surface area contributed by atoms with Crippen molar-refractivity contribution in [1.82, 2.24) is 9.29 Å². The molecular weight excluding hydrogens is 408 g/mol. The summed E-state index contributed by atoms with van der Waals surface area (Å²) in [5.74, 6) is -0.439. The second-order valence-electron chi connectivity index (χ2n) is 7.68. The SMILES string of the molecule is CSN1CC=C(c2cc3c(-c4cccc(NCCO)c4C)ccc(C(N)=O)c3[nH]2)CC1. The van der Waals surface area contributed by atoms with E-state index in [1.165, 1.54) is 5.57 Å². The van der Waals surface area contributed by atoms with E-state index in [1.54, 1.807) is 18.0 Å². The lowest BCUT2D eigenvalue weighted by molar-refractivity contribution is 0.100. The molecule has 1 aromatic heterocycles. The molecule has 0 atom stereocenters. The van der Waals surface area contributed by atoms with Gasteiger partial charge in [0.15, 0.2) is 0 Å². The van der Waals surface area contributed by atoms with Gasteiger partial charge in [0.2, 0.25) is 0 Å². The molecule has 6 nitrogen and oxygen atoms in total. The molecule has 0 radical (unpaired) electrons. The van der Waals surface area contributed by atoms with Gasteiger partial charge >= 0.3 is 0 Å². The fraction of sp³-hybridized carbons (Fsp3) is 0.292. The Morgan fingerprint density at radius 1 is 1.29 bits per heavy atom. The Kier molecular flexibility index (Phi) is 6.36. The Hall–Kier alpha value is -2.74. The maximum atomic E-state index is 12.1. The summed E-state index contributed by atoms with van der Waals surface area (Å²) in [5.41, 5.74) is 13.5. The second kappa shape index (κ2) is 9.18. The number of fused-ring (bicyclic) bond motifs is 1. The highest BCUT2D eigenvalue weighted by molar-refractivity contribution is 7.96. The zero-order valence-electron chi connectivity index (χ0n) is 17.9. The summed E-state index contributed by atoms with van der Waals surface area (Å²) in [4.78, 5) is 15.6. The Bertz CT molecular complexity index is 1150.